The van der Waals surface area contributed by atoms with Crippen molar-refractivity contribution < 1.29 is 14.3 Å². The first kappa shape index (κ1) is 11.5. The molecule has 0 saturated heterocycles. The molecule has 0 unspecified atom stereocenters. The number of hydrogen-bond donors (Lipinski definition) is 2. The van der Waals surface area contributed by atoms with Crippen LogP contribution in [0.5, 0.6) is 11.5 Å². The molecule has 0 fully saturated rings. The molecule has 0 saturated carbocycles. The predicted molar refractivity (Wildman–Crippen MR) is 63.2 cm³/mol. The van der Waals surface area contributed by atoms with E-state index in [-0.39, 0.29) is 6.03 Å². The number of carbonyl (C=O) groups excluding carboxylic acids is 1. The summed E-state index contributed by atoms with van der Waals surface area (Å²) in [5.41, 5.74) is 2.76. The van der Waals surface area contributed by atoms with Crippen LogP contribution < -0.4 is 25.6 Å². The van der Waals surface area contributed by atoms with Gasteiger partial charge in [0.2, 0.25) is 0 Å². The molecule has 2 amide bonds. The topological polar surface area (TPSA) is 76.8 Å². The fourth-order valence-electron chi connectivity index (χ4n) is 1.57. The van der Waals surface area contributed by atoms with Crippen molar-refractivity contribution in [3.63, 3.8) is 0 Å². The van der Waals surface area contributed by atoms with E-state index in [4.69, 9.17) is 15.3 Å². The van der Waals surface area contributed by atoms with Crippen molar-refractivity contribution in [2.24, 2.45) is 5.84 Å². The van der Waals surface area contributed by atoms with E-state index in [1.54, 1.807) is 25.2 Å². The molecule has 2 rings (SSSR count). The lowest BCUT2D eigenvalue weighted by molar-refractivity contribution is 0.247. The molecule has 1 aliphatic heterocycles. The van der Waals surface area contributed by atoms with Gasteiger partial charge in [-0.15, -0.1) is 0 Å². The Labute approximate surface area is 99.3 Å². The van der Waals surface area contributed by atoms with Crippen LogP contribution in [0, 0.1) is 0 Å². The van der Waals surface area contributed by atoms with Gasteiger partial charge in [-0.1, -0.05) is 0 Å². The summed E-state index contributed by atoms with van der Waals surface area (Å²) >= 11 is 0. The highest BCUT2D eigenvalue weighted by Crippen LogP contribution is 2.33. The Kier molecular flexibility index (Phi) is 3.34. The quantitative estimate of drug-likeness (QED) is 0.431. The number of benzene rings is 1. The number of hydrazine groups is 1. The number of carbonyl (C=O) groups is 1. The van der Waals surface area contributed by atoms with Crippen molar-refractivity contribution in [1.29, 1.82) is 0 Å². The molecule has 0 bridgehead atoms. The Morgan fingerprint density at radius 3 is 2.76 bits per heavy atom. The van der Waals surface area contributed by atoms with Crippen LogP contribution in [-0.2, 0) is 0 Å². The molecule has 3 N–H and O–H groups in total. The average molecular weight is 237 g/mol. The van der Waals surface area contributed by atoms with E-state index in [1.165, 1.54) is 4.90 Å². The zero-order chi connectivity index (χ0) is 12.3. The van der Waals surface area contributed by atoms with E-state index in [9.17, 15) is 4.79 Å². The number of nitrogens with one attached hydrogen (secondary N) is 1. The van der Waals surface area contributed by atoms with E-state index < -0.39 is 0 Å². The molecular formula is C11H15N3O3. The summed E-state index contributed by atoms with van der Waals surface area (Å²) in [5.74, 6) is 6.43. The maximum Gasteiger partial charge on any atom is 0.335 e. The monoisotopic (exact) mass is 237 g/mol. The van der Waals surface area contributed by atoms with Crippen LogP contribution in [0.2, 0.25) is 0 Å². The number of hydrogen-bond acceptors (Lipinski definition) is 4. The molecule has 92 valence electrons. The lowest BCUT2D eigenvalue weighted by Gasteiger charge is -2.18. The van der Waals surface area contributed by atoms with Gasteiger partial charge in [0, 0.05) is 25.2 Å². The largest absolute Gasteiger partial charge is 0.490 e. The number of ether oxygens (including phenoxy) is 2. The zero-order valence-corrected chi connectivity index (χ0v) is 9.60. The van der Waals surface area contributed by atoms with E-state index in [2.05, 4.69) is 5.43 Å². The number of fused-ring (bicyclic) bond motifs is 1. The maximum atomic E-state index is 11.4. The summed E-state index contributed by atoms with van der Waals surface area (Å²) in [7, 11) is 1.63. The lowest BCUT2D eigenvalue weighted by atomic mass is 10.2. The fourth-order valence-corrected chi connectivity index (χ4v) is 1.57. The zero-order valence-electron chi connectivity index (χ0n) is 9.60. The average Bonchev–Trinajstić information content (AvgIpc) is 2.61. The molecule has 1 aromatic rings. The third-order valence-electron chi connectivity index (χ3n) is 2.55. The van der Waals surface area contributed by atoms with Gasteiger partial charge in [-0.25, -0.2) is 10.6 Å². The highest BCUT2D eigenvalue weighted by atomic mass is 16.5. The molecule has 0 atom stereocenters. The molecule has 0 radical (unpaired) electrons. The summed E-state index contributed by atoms with van der Waals surface area (Å²) in [4.78, 5) is 12.8. The summed E-state index contributed by atoms with van der Waals surface area (Å²) in [6.07, 6.45) is 0.850. The molecule has 1 heterocycles. The second-order valence-electron chi connectivity index (χ2n) is 3.69. The number of rotatable bonds is 1. The Hall–Kier alpha value is -1.95. The van der Waals surface area contributed by atoms with E-state index in [0.717, 1.165) is 6.42 Å². The molecule has 0 aromatic heterocycles. The van der Waals surface area contributed by atoms with E-state index in [1.807, 2.05) is 0 Å². The third kappa shape index (κ3) is 2.42. The van der Waals surface area contributed by atoms with Crippen LogP contribution in [0.15, 0.2) is 18.2 Å². The van der Waals surface area contributed by atoms with E-state index in [0.29, 0.717) is 30.4 Å². The minimum atomic E-state index is -0.389. The predicted octanol–water partition coefficient (Wildman–Crippen LogP) is 0.867. The Morgan fingerprint density at radius 2 is 2.06 bits per heavy atom. The van der Waals surface area contributed by atoms with Gasteiger partial charge in [-0.05, 0) is 12.1 Å². The molecule has 1 aromatic carbocycles. The molecule has 0 aliphatic carbocycles. The fraction of sp³-hybridized carbons (Fsp3) is 0.364. The Morgan fingerprint density at radius 1 is 1.35 bits per heavy atom. The highest BCUT2D eigenvalue weighted by Gasteiger charge is 2.14. The Bertz CT molecular complexity index is 422. The SMILES string of the molecule is CN(C(=O)NN)c1ccc2c(c1)OCCCO2. The van der Waals surface area contributed by atoms with Gasteiger partial charge in [-0.2, -0.15) is 0 Å². The van der Waals surface area contributed by atoms with Crippen LogP contribution >= 0.6 is 0 Å². The number of anilines is 1. The normalized spacial score (nSPS) is 13.8. The highest BCUT2D eigenvalue weighted by molar-refractivity contribution is 5.91. The summed E-state index contributed by atoms with van der Waals surface area (Å²) < 4.78 is 11.0. The lowest BCUT2D eigenvalue weighted by Crippen LogP contribution is -2.41. The number of urea groups is 1. The van der Waals surface area contributed by atoms with Gasteiger partial charge in [0.15, 0.2) is 11.5 Å². The van der Waals surface area contributed by atoms with Crippen molar-refractivity contribution in [1.82, 2.24) is 5.43 Å². The molecular weight excluding hydrogens is 222 g/mol. The first-order valence-electron chi connectivity index (χ1n) is 5.36. The van der Waals surface area contributed by atoms with Gasteiger partial charge in [0.1, 0.15) is 0 Å². The van der Waals surface area contributed by atoms with Crippen LogP contribution in [0.4, 0.5) is 10.5 Å². The van der Waals surface area contributed by atoms with Crippen LogP contribution in [0.25, 0.3) is 0 Å². The minimum absolute atomic E-state index is 0.389. The molecule has 17 heavy (non-hydrogen) atoms. The van der Waals surface area contributed by atoms with Gasteiger partial charge >= 0.3 is 6.03 Å². The summed E-state index contributed by atoms with van der Waals surface area (Å²) in [6.45, 7) is 1.26. The molecule has 0 spiro atoms. The van der Waals surface area contributed by atoms with Crippen LogP contribution in [0.3, 0.4) is 0 Å². The van der Waals surface area contributed by atoms with Crippen molar-refractivity contribution >= 4 is 11.7 Å². The van der Waals surface area contributed by atoms with Gasteiger partial charge in [-0.3, -0.25) is 10.3 Å². The van der Waals surface area contributed by atoms with Crippen molar-refractivity contribution in [3.05, 3.63) is 18.2 Å². The summed E-state index contributed by atoms with van der Waals surface area (Å²) in [6, 6.07) is 4.94. The summed E-state index contributed by atoms with van der Waals surface area (Å²) in [5, 5.41) is 0. The number of nitrogens with zero attached hydrogens (tertiary/aromatic N) is 1. The van der Waals surface area contributed by atoms with Gasteiger partial charge in [0.05, 0.1) is 13.2 Å². The van der Waals surface area contributed by atoms with E-state index >= 15 is 0 Å². The smallest absolute Gasteiger partial charge is 0.335 e. The third-order valence-corrected chi connectivity index (χ3v) is 2.55. The number of nitrogens with two attached hydrogens (primary N) is 1. The first-order chi connectivity index (χ1) is 8.22. The second-order valence-corrected chi connectivity index (χ2v) is 3.69. The number of amides is 2. The van der Waals surface area contributed by atoms with Crippen LogP contribution in [-0.4, -0.2) is 26.3 Å². The van der Waals surface area contributed by atoms with Crippen molar-refractivity contribution in [2.45, 2.75) is 6.42 Å². The molecule has 1 aliphatic rings. The standard InChI is InChI=1S/C11H15N3O3/c1-14(11(15)13-12)8-3-4-9-10(7-8)17-6-2-5-16-9/h3-4,7H,2,5-6,12H2,1H3,(H,13,15). The van der Waals surface area contributed by atoms with Crippen molar-refractivity contribution in [3.8, 4) is 11.5 Å². The minimum Gasteiger partial charge on any atom is -0.490 e. The van der Waals surface area contributed by atoms with Crippen LogP contribution in [0.1, 0.15) is 6.42 Å². The maximum absolute atomic E-state index is 11.4. The Balaban J connectivity index is 2.26. The van der Waals surface area contributed by atoms with Gasteiger partial charge in [0.25, 0.3) is 0 Å². The van der Waals surface area contributed by atoms with Crippen molar-refractivity contribution in [2.75, 3.05) is 25.2 Å². The molecule has 6 nitrogen and oxygen atoms in total. The molecule has 6 heteroatoms. The second kappa shape index (κ2) is 4.92. The van der Waals surface area contributed by atoms with Gasteiger partial charge < -0.3 is 9.47 Å². The first-order valence-corrected chi connectivity index (χ1v) is 5.36.